The summed E-state index contributed by atoms with van der Waals surface area (Å²) in [5, 5.41) is 4.67. The zero-order valence-corrected chi connectivity index (χ0v) is 17.8. The van der Waals surface area contributed by atoms with E-state index in [0.717, 1.165) is 11.1 Å². The molecule has 0 saturated carbocycles. The van der Waals surface area contributed by atoms with Gasteiger partial charge in [-0.05, 0) is 30.5 Å². The lowest BCUT2D eigenvalue weighted by Crippen LogP contribution is -2.36. The summed E-state index contributed by atoms with van der Waals surface area (Å²) >= 11 is 6.04. The topological polar surface area (TPSA) is 59.2 Å². The van der Waals surface area contributed by atoms with Gasteiger partial charge in [0.1, 0.15) is 0 Å². The Morgan fingerprint density at radius 3 is 2.55 bits per heavy atom. The minimum absolute atomic E-state index is 0.0298. The number of aromatic nitrogens is 2. The van der Waals surface area contributed by atoms with Gasteiger partial charge in [-0.3, -0.25) is 4.79 Å². The number of halogens is 1. The number of rotatable bonds is 8. The van der Waals surface area contributed by atoms with Crippen molar-refractivity contribution >= 4 is 17.5 Å². The molecule has 1 amide bonds. The lowest BCUT2D eigenvalue weighted by Gasteiger charge is -2.30. The molecule has 6 heteroatoms. The number of hydrogen-bond donors (Lipinski definition) is 0. The molecule has 0 radical (unpaired) electrons. The SMILES string of the molecule is CC(C)CC(=O)N(CCc1nc(-c2cccc(Cl)c2)no1)C(C)c1ccccc1. The Morgan fingerprint density at radius 2 is 1.86 bits per heavy atom. The Morgan fingerprint density at radius 1 is 1.10 bits per heavy atom. The van der Waals surface area contributed by atoms with Crippen molar-refractivity contribution in [3.05, 3.63) is 71.1 Å². The van der Waals surface area contributed by atoms with Gasteiger partial charge in [0.05, 0.1) is 6.04 Å². The van der Waals surface area contributed by atoms with Crippen LogP contribution in [0.25, 0.3) is 11.4 Å². The Balaban J connectivity index is 1.74. The van der Waals surface area contributed by atoms with E-state index < -0.39 is 0 Å². The molecule has 5 nitrogen and oxygen atoms in total. The lowest BCUT2D eigenvalue weighted by molar-refractivity contribution is -0.134. The van der Waals surface area contributed by atoms with E-state index >= 15 is 0 Å². The van der Waals surface area contributed by atoms with Crippen LogP contribution in [0.4, 0.5) is 0 Å². The van der Waals surface area contributed by atoms with Crippen molar-refractivity contribution in [2.75, 3.05) is 6.54 Å². The van der Waals surface area contributed by atoms with Crippen LogP contribution < -0.4 is 0 Å². The Labute approximate surface area is 176 Å². The molecule has 29 heavy (non-hydrogen) atoms. The molecular weight excluding hydrogens is 386 g/mol. The summed E-state index contributed by atoms with van der Waals surface area (Å²) in [6, 6.07) is 17.4. The molecule has 0 aliphatic heterocycles. The van der Waals surface area contributed by atoms with E-state index in [1.807, 2.05) is 47.4 Å². The summed E-state index contributed by atoms with van der Waals surface area (Å²) < 4.78 is 5.41. The maximum atomic E-state index is 12.9. The van der Waals surface area contributed by atoms with E-state index in [-0.39, 0.29) is 11.9 Å². The van der Waals surface area contributed by atoms with Crippen LogP contribution in [0.2, 0.25) is 5.02 Å². The first-order valence-electron chi connectivity index (χ1n) is 9.87. The largest absolute Gasteiger partial charge is 0.339 e. The Hall–Kier alpha value is -2.66. The van der Waals surface area contributed by atoms with Crippen molar-refractivity contribution in [2.45, 2.75) is 39.7 Å². The third kappa shape index (κ3) is 5.67. The second-order valence-corrected chi connectivity index (χ2v) is 7.98. The monoisotopic (exact) mass is 411 g/mol. The molecule has 152 valence electrons. The molecule has 0 N–H and O–H groups in total. The van der Waals surface area contributed by atoms with Crippen molar-refractivity contribution < 1.29 is 9.32 Å². The normalized spacial score (nSPS) is 12.2. The third-order valence-corrected chi connectivity index (χ3v) is 5.01. The molecule has 0 fully saturated rings. The van der Waals surface area contributed by atoms with Crippen LogP contribution >= 0.6 is 11.6 Å². The summed E-state index contributed by atoms with van der Waals surface area (Å²) in [6.45, 7) is 6.68. The third-order valence-electron chi connectivity index (χ3n) is 4.77. The molecule has 2 aromatic carbocycles. The van der Waals surface area contributed by atoms with Gasteiger partial charge in [0.2, 0.25) is 17.6 Å². The van der Waals surface area contributed by atoms with E-state index in [0.29, 0.717) is 42.0 Å². The molecule has 0 spiro atoms. The second kappa shape index (κ2) is 9.70. The standard InChI is InChI=1S/C23H26ClN3O2/c1-16(2)14-22(28)27(17(3)18-8-5-4-6-9-18)13-12-21-25-23(26-29-21)19-10-7-11-20(24)15-19/h4-11,15-17H,12-14H2,1-3H3. The van der Waals surface area contributed by atoms with Gasteiger partial charge in [-0.1, -0.05) is 73.1 Å². The molecular formula is C23H26ClN3O2. The maximum Gasteiger partial charge on any atom is 0.228 e. The highest BCUT2D eigenvalue weighted by Crippen LogP contribution is 2.23. The number of amides is 1. The van der Waals surface area contributed by atoms with Crippen LogP contribution in [0.1, 0.15) is 44.7 Å². The van der Waals surface area contributed by atoms with Gasteiger partial charge in [0, 0.05) is 30.0 Å². The summed E-state index contributed by atoms with van der Waals surface area (Å²) in [4.78, 5) is 19.3. The van der Waals surface area contributed by atoms with Crippen LogP contribution in [-0.4, -0.2) is 27.5 Å². The lowest BCUT2D eigenvalue weighted by atomic mass is 10.0. The van der Waals surface area contributed by atoms with E-state index in [9.17, 15) is 4.79 Å². The minimum atomic E-state index is -0.0298. The van der Waals surface area contributed by atoms with Gasteiger partial charge < -0.3 is 9.42 Å². The maximum absolute atomic E-state index is 12.9. The molecule has 3 rings (SSSR count). The summed E-state index contributed by atoms with van der Waals surface area (Å²) in [6.07, 6.45) is 1.00. The van der Waals surface area contributed by atoms with Gasteiger partial charge in [-0.2, -0.15) is 4.98 Å². The molecule has 0 bridgehead atoms. The predicted molar refractivity (Wildman–Crippen MR) is 114 cm³/mol. The van der Waals surface area contributed by atoms with Gasteiger partial charge in [0.25, 0.3) is 0 Å². The number of carbonyl (C=O) groups is 1. The van der Waals surface area contributed by atoms with Crippen molar-refractivity contribution in [3.63, 3.8) is 0 Å². The van der Waals surface area contributed by atoms with Crippen LogP contribution in [0.15, 0.2) is 59.1 Å². The summed E-state index contributed by atoms with van der Waals surface area (Å²) in [5.74, 6) is 1.43. The van der Waals surface area contributed by atoms with Gasteiger partial charge in [-0.25, -0.2) is 0 Å². The molecule has 0 aliphatic rings. The molecule has 1 atom stereocenters. The molecule has 0 saturated heterocycles. The number of hydrogen-bond acceptors (Lipinski definition) is 4. The average Bonchev–Trinajstić information content (AvgIpc) is 3.17. The smallest absolute Gasteiger partial charge is 0.228 e. The van der Waals surface area contributed by atoms with E-state index in [2.05, 4.69) is 30.9 Å². The van der Waals surface area contributed by atoms with Crippen LogP contribution in [0.3, 0.4) is 0 Å². The molecule has 1 aromatic heterocycles. The molecule has 1 heterocycles. The zero-order chi connectivity index (χ0) is 20.8. The molecule has 3 aromatic rings. The van der Waals surface area contributed by atoms with E-state index in [1.54, 1.807) is 12.1 Å². The fourth-order valence-corrected chi connectivity index (χ4v) is 3.42. The summed E-state index contributed by atoms with van der Waals surface area (Å²) in [7, 11) is 0. The quantitative estimate of drug-likeness (QED) is 0.486. The van der Waals surface area contributed by atoms with E-state index in [4.69, 9.17) is 16.1 Å². The molecule has 1 unspecified atom stereocenters. The van der Waals surface area contributed by atoms with Gasteiger partial charge in [0.15, 0.2) is 0 Å². The first kappa shape index (κ1) is 21.1. The second-order valence-electron chi connectivity index (χ2n) is 7.54. The highest BCUT2D eigenvalue weighted by molar-refractivity contribution is 6.30. The number of carbonyl (C=O) groups excluding carboxylic acids is 1. The average molecular weight is 412 g/mol. The predicted octanol–water partition coefficient (Wildman–Crippen LogP) is 5.57. The van der Waals surface area contributed by atoms with Crippen LogP contribution in [-0.2, 0) is 11.2 Å². The first-order chi connectivity index (χ1) is 13.9. The highest BCUT2D eigenvalue weighted by atomic mass is 35.5. The van der Waals surface area contributed by atoms with Crippen molar-refractivity contribution in [3.8, 4) is 11.4 Å². The van der Waals surface area contributed by atoms with Crippen molar-refractivity contribution in [1.82, 2.24) is 15.0 Å². The van der Waals surface area contributed by atoms with Crippen LogP contribution in [0, 0.1) is 5.92 Å². The minimum Gasteiger partial charge on any atom is -0.339 e. The van der Waals surface area contributed by atoms with Gasteiger partial charge >= 0.3 is 0 Å². The van der Waals surface area contributed by atoms with Crippen molar-refractivity contribution in [2.24, 2.45) is 5.92 Å². The first-order valence-corrected chi connectivity index (χ1v) is 10.2. The van der Waals surface area contributed by atoms with Crippen molar-refractivity contribution in [1.29, 1.82) is 0 Å². The fraction of sp³-hybridized carbons (Fsp3) is 0.348. The summed E-state index contributed by atoms with van der Waals surface area (Å²) in [5.41, 5.74) is 1.91. The Bertz CT molecular complexity index is 940. The van der Waals surface area contributed by atoms with E-state index in [1.165, 1.54) is 0 Å². The Kier molecular flexibility index (Phi) is 7.04. The zero-order valence-electron chi connectivity index (χ0n) is 17.0. The number of nitrogens with zero attached hydrogens (tertiary/aromatic N) is 3. The molecule has 0 aliphatic carbocycles. The fourth-order valence-electron chi connectivity index (χ4n) is 3.23. The highest BCUT2D eigenvalue weighted by Gasteiger charge is 2.23. The van der Waals surface area contributed by atoms with Gasteiger partial charge in [-0.15, -0.1) is 0 Å². The van der Waals surface area contributed by atoms with Crippen LogP contribution in [0.5, 0.6) is 0 Å². The number of benzene rings is 2.